The largest absolute Gasteiger partial charge is 0.497 e. The number of hydrogen-bond donors (Lipinski definition) is 0. The van der Waals surface area contributed by atoms with E-state index in [2.05, 4.69) is 18.8 Å². The van der Waals surface area contributed by atoms with E-state index >= 15 is 0 Å². The Labute approximate surface area is 109 Å². The predicted octanol–water partition coefficient (Wildman–Crippen LogP) is 4.59. The van der Waals surface area contributed by atoms with E-state index in [1.165, 1.54) is 6.08 Å². The highest BCUT2D eigenvalue weighted by molar-refractivity contribution is 5.56. The molecule has 0 aliphatic heterocycles. The molecule has 0 bridgehead atoms. The van der Waals surface area contributed by atoms with Crippen LogP contribution >= 0.6 is 0 Å². The van der Waals surface area contributed by atoms with Gasteiger partial charge in [-0.05, 0) is 36.1 Å². The number of ether oxygens (including phenoxy) is 1. The van der Waals surface area contributed by atoms with Crippen LogP contribution in [0.4, 0.5) is 4.39 Å². The lowest BCUT2D eigenvalue weighted by molar-refractivity contribution is 0.415. The highest BCUT2D eigenvalue weighted by Crippen LogP contribution is 2.14. The second-order valence-electron chi connectivity index (χ2n) is 4.02. The Morgan fingerprint density at radius 3 is 2.61 bits per heavy atom. The number of halogens is 1. The molecular formula is C16H19FO. The highest BCUT2D eigenvalue weighted by atomic mass is 19.1. The number of allylic oxidation sites excluding steroid dienone is 1. The van der Waals surface area contributed by atoms with Crippen LogP contribution in [0.25, 0.3) is 6.08 Å². The Kier molecular flexibility index (Phi) is 6.64. The van der Waals surface area contributed by atoms with E-state index in [1.54, 1.807) is 31.4 Å². The third kappa shape index (κ3) is 5.54. The van der Waals surface area contributed by atoms with Crippen molar-refractivity contribution in [1.29, 1.82) is 0 Å². The number of benzene rings is 1. The summed E-state index contributed by atoms with van der Waals surface area (Å²) in [6.07, 6.45) is 5.55. The molecule has 2 heteroatoms. The van der Waals surface area contributed by atoms with Gasteiger partial charge in [-0.3, -0.25) is 0 Å². The van der Waals surface area contributed by atoms with Gasteiger partial charge in [0.1, 0.15) is 5.75 Å². The molecule has 0 aliphatic carbocycles. The van der Waals surface area contributed by atoms with Gasteiger partial charge in [-0.15, -0.1) is 0 Å². The molecule has 0 spiro atoms. The Balaban J connectivity index is 2.53. The normalized spacial score (nSPS) is 10.7. The summed E-state index contributed by atoms with van der Waals surface area (Å²) >= 11 is 0. The fraction of sp³-hybridized carbons (Fsp3) is 0.375. The molecule has 0 saturated heterocycles. The van der Waals surface area contributed by atoms with Crippen LogP contribution in [0.15, 0.2) is 30.1 Å². The summed E-state index contributed by atoms with van der Waals surface area (Å²) in [5, 5.41) is 0. The SMILES string of the molecule is CCCCCC#C/C(F)=C\c1ccc(OC)cc1. The molecule has 1 rings (SSSR count). The fourth-order valence-corrected chi connectivity index (χ4v) is 1.49. The molecule has 0 saturated carbocycles. The van der Waals surface area contributed by atoms with Crippen LogP contribution in [0.1, 0.15) is 38.2 Å². The first-order valence-corrected chi connectivity index (χ1v) is 6.26. The predicted molar refractivity (Wildman–Crippen MR) is 74.0 cm³/mol. The summed E-state index contributed by atoms with van der Waals surface area (Å²) in [5.74, 6) is 5.75. The smallest absolute Gasteiger partial charge is 0.173 e. The minimum absolute atomic E-state index is 0.392. The van der Waals surface area contributed by atoms with Crippen LogP contribution in [-0.4, -0.2) is 7.11 Å². The lowest BCUT2D eigenvalue weighted by Crippen LogP contribution is -1.81. The molecule has 0 radical (unpaired) electrons. The van der Waals surface area contributed by atoms with E-state index in [4.69, 9.17) is 4.74 Å². The maximum Gasteiger partial charge on any atom is 0.173 e. The van der Waals surface area contributed by atoms with E-state index in [0.29, 0.717) is 0 Å². The van der Waals surface area contributed by atoms with Gasteiger partial charge < -0.3 is 4.74 Å². The van der Waals surface area contributed by atoms with Crippen molar-refractivity contribution >= 4 is 6.08 Å². The van der Waals surface area contributed by atoms with Gasteiger partial charge >= 0.3 is 0 Å². The molecule has 1 nitrogen and oxygen atoms in total. The van der Waals surface area contributed by atoms with Gasteiger partial charge in [-0.25, -0.2) is 0 Å². The van der Waals surface area contributed by atoms with Gasteiger partial charge in [0.15, 0.2) is 5.83 Å². The van der Waals surface area contributed by atoms with Gasteiger partial charge in [-0.1, -0.05) is 37.8 Å². The van der Waals surface area contributed by atoms with Gasteiger partial charge in [0.25, 0.3) is 0 Å². The van der Waals surface area contributed by atoms with Crippen molar-refractivity contribution in [2.45, 2.75) is 32.6 Å². The molecule has 0 N–H and O–H groups in total. The van der Waals surface area contributed by atoms with Crippen molar-refractivity contribution in [2.75, 3.05) is 7.11 Å². The number of methoxy groups -OCH3 is 1. The quantitative estimate of drug-likeness (QED) is 0.545. The van der Waals surface area contributed by atoms with Crippen molar-refractivity contribution in [3.05, 3.63) is 35.7 Å². The van der Waals surface area contributed by atoms with Gasteiger partial charge in [0.2, 0.25) is 0 Å². The van der Waals surface area contributed by atoms with Crippen molar-refractivity contribution in [2.24, 2.45) is 0 Å². The second-order valence-corrected chi connectivity index (χ2v) is 4.02. The maximum atomic E-state index is 13.4. The Hall–Kier alpha value is -1.75. The summed E-state index contributed by atoms with van der Waals surface area (Å²) < 4.78 is 18.5. The van der Waals surface area contributed by atoms with Crippen LogP contribution in [0.2, 0.25) is 0 Å². The van der Waals surface area contributed by atoms with Crippen molar-refractivity contribution in [3.63, 3.8) is 0 Å². The Morgan fingerprint density at radius 2 is 2.00 bits per heavy atom. The summed E-state index contributed by atoms with van der Waals surface area (Å²) in [5.41, 5.74) is 0.788. The molecule has 1 aromatic rings. The van der Waals surface area contributed by atoms with Gasteiger partial charge in [0.05, 0.1) is 7.11 Å². The monoisotopic (exact) mass is 246 g/mol. The van der Waals surface area contributed by atoms with Gasteiger partial charge in [0, 0.05) is 6.42 Å². The number of hydrogen-bond acceptors (Lipinski definition) is 1. The number of rotatable bonds is 5. The highest BCUT2D eigenvalue weighted by Gasteiger charge is 1.93. The van der Waals surface area contributed by atoms with Crippen LogP contribution in [0.5, 0.6) is 5.75 Å². The molecule has 96 valence electrons. The molecule has 0 fully saturated rings. The van der Waals surface area contributed by atoms with E-state index in [0.717, 1.165) is 37.0 Å². The summed E-state index contributed by atoms with van der Waals surface area (Å²) in [7, 11) is 1.60. The Bertz CT molecular complexity index is 434. The zero-order valence-electron chi connectivity index (χ0n) is 11.0. The molecule has 0 heterocycles. The first kappa shape index (κ1) is 14.3. The van der Waals surface area contributed by atoms with Crippen molar-refractivity contribution in [3.8, 4) is 17.6 Å². The van der Waals surface area contributed by atoms with Crippen LogP contribution in [0, 0.1) is 11.8 Å². The molecule has 0 aromatic heterocycles. The van der Waals surface area contributed by atoms with Crippen LogP contribution in [-0.2, 0) is 0 Å². The zero-order valence-corrected chi connectivity index (χ0v) is 11.0. The third-order valence-corrected chi connectivity index (χ3v) is 2.52. The van der Waals surface area contributed by atoms with Gasteiger partial charge in [-0.2, -0.15) is 4.39 Å². The Morgan fingerprint density at radius 1 is 1.28 bits per heavy atom. The molecule has 0 amide bonds. The molecular weight excluding hydrogens is 227 g/mol. The summed E-state index contributed by atoms with van der Waals surface area (Å²) in [6.45, 7) is 2.14. The summed E-state index contributed by atoms with van der Waals surface area (Å²) in [4.78, 5) is 0. The minimum Gasteiger partial charge on any atom is -0.497 e. The van der Waals surface area contributed by atoms with Crippen LogP contribution in [0.3, 0.4) is 0 Å². The first-order chi connectivity index (χ1) is 8.76. The minimum atomic E-state index is -0.392. The fourth-order valence-electron chi connectivity index (χ4n) is 1.49. The average Bonchev–Trinajstić information content (AvgIpc) is 2.39. The maximum absolute atomic E-state index is 13.4. The average molecular weight is 246 g/mol. The lowest BCUT2D eigenvalue weighted by Gasteiger charge is -1.98. The van der Waals surface area contributed by atoms with Crippen LogP contribution < -0.4 is 4.74 Å². The van der Waals surface area contributed by atoms with E-state index < -0.39 is 5.83 Å². The molecule has 18 heavy (non-hydrogen) atoms. The van der Waals surface area contributed by atoms with E-state index in [1.807, 2.05) is 0 Å². The topological polar surface area (TPSA) is 9.23 Å². The summed E-state index contributed by atoms with van der Waals surface area (Å²) in [6, 6.07) is 7.20. The van der Waals surface area contributed by atoms with E-state index in [9.17, 15) is 4.39 Å². The van der Waals surface area contributed by atoms with E-state index in [-0.39, 0.29) is 0 Å². The van der Waals surface area contributed by atoms with Crippen molar-refractivity contribution in [1.82, 2.24) is 0 Å². The lowest BCUT2D eigenvalue weighted by atomic mass is 10.2. The zero-order chi connectivity index (χ0) is 13.2. The first-order valence-electron chi connectivity index (χ1n) is 6.26. The van der Waals surface area contributed by atoms with Crippen molar-refractivity contribution < 1.29 is 9.13 Å². The molecule has 1 aromatic carbocycles. The second kappa shape index (κ2) is 8.36. The number of unbranched alkanes of at least 4 members (excludes halogenated alkanes) is 3. The standard InChI is InChI=1S/C16H19FO/c1-3-4-5-6-7-8-15(17)13-14-9-11-16(18-2)12-10-14/h9-13H,3-6H2,1-2H3/b15-13+. The molecule has 0 unspecified atom stereocenters. The third-order valence-electron chi connectivity index (χ3n) is 2.52. The molecule has 0 atom stereocenters. The molecule has 0 aliphatic rings.